The molecule has 1 aliphatic rings. The Labute approximate surface area is 93.4 Å². The fraction of sp³-hybridized carbons (Fsp3) is 0.364. The highest BCUT2D eigenvalue weighted by molar-refractivity contribution is 5.68. The maximum atomic E-state index is 11.4. The van der Waals surface area contributed by atoms with E-state index >= 15 is 0 Å². The van der Waals surface area contributed by atoms with Gasteiger partial charge in [-0.15, -0.1) is 0 Å². The number of carbonyl (C=O) groups excluding carboxylic acids is 1. The molecule has 0 aliphatic carbocycles. The second-order valence-electron chi connectivity index (χ2n) is 3.78. The van der Waals surface area contributed by atoms with Gasteiger partial charge in [-0.2, -0.15) is 0 Å². The van der Waals surface area contributed by atoms with Gasteiger partial charge in [-0.05, 0) is 24.1 Å². The normalized spacial score (nSPS) is 16.0. The topological polar surface area (TPSA) is 75.8 Å². The van der Waals surface area contributed by atoms with Crippen molar-refractivity contribution in [2.24, 2.45) is 0 Å². The summed E-state index contributed by atoms with van der Waals surface area (Å²) in [6.45, 7) is 1.65. The molecule has 86 valence electrons. The van der Waals surface area contributed by atoms with Gasteiger partial charge in [0.1, 0.15) is 5.75 Å². The van der Waals surface area contributed by atoms with E-state index in [9.17, 15) is 9.90 Å². The predicted molar refractivity (Wildman–Crippen MR) is 58.9 cm³/mol. The average Bonchev–Trinajstić information content (AvgIpc) is 2.27. The van der Waals surface area contributed by atoms with Gasteiger partial charge in [0.2, 0.25) is 0 Å². The lowest BCUT2D eigenvalue weighted by Crippen LogP contribution is -2.37. The summed E-state index contributed by atoms with van der Waals surface area (Å²) in [6.07, 6.45) is 0.553. The van der Waals surface area contributed by atoms with Crippen LogP contribution in [0.5, 0.6) is 5.75 Å². The molecule has 1 heterocycles. The Morgan fingerprint density at radius 3 is 3.00 bits per heavy atom. The van der Waals surface area contributed by atoms with Crippen LogP contribution in [0, 0.1) is 0 Å². The molecular formula is C11H14N2O3. The Kier molecular flexibility index (Phi) is 2.85. The Hall–Kier alpha value is -1.91. The molecule has 1 saturated heterocycles. The number of aromatic hydroxyl groups is 1. The molecule has 5 nitrogen and oxygen atoms in total. The maximum Gasteiger partial charge on any atom is 0.410 e. The Bertz CT molecular complexity index is 406. The molecule has 3 N–H and O–H groups in total. The third kappa shape index (κ3) is 2.18. The Morgan fingerprint density at radius 1 is 1.50 bits per heavy atom. The van der Waals surface area contributed by atoms with Crippen molar-refractivity contribution in [2.75, 3.05) is 18.9 Å². The number of rotatable bonds is 2. The molecule has 1 aromatic rings. The monoisotopic (exact) mass is 222 g/mol. The lowest BCUT2D eigenvalue weighted by atomic mass is 10.1. The summed E-state index contributed by atoms with van der Waals surface area (Å²) in [5.41, 5.74) is 6.78. The fourth-order valence-electron chi connectivity index (χ4n) is 1.66. The summed E-state index contributed by atoms with van der Waals surface area (Å²) in [5, 5.41) is 9.27. The molecule has 2 rings (SSSR count). The highest BCUT2D eigenvalue weighted by atomic mass is 16.6. The van der Waals surface area contributed by atoms with Crippen LogP contribution in [0.1, 0.15) is 12.0 Å². The third-order valence-electron chi connectivity index (χ3n) is 2.52. The van der Waals surface area contributed by atoms with Crippen molar-refractivity contribution in [3.05, 3.63) is 23.8 Å². The zero-order valence-electron chi connectivity index (χ0n) is 8.85. The summed E-state index contributed by atoms with van der Waals surface area (Å²) in [6, 6.07) is 4.94. The number of hydrogen-bond donors (Lipinski definition) is 2. The molecule has 1 aliphatic heterocycles. The highest BCUT2D eigenvalue weighted by Crippen LogP contribution is 2.21. The summed E-state index contributed by atoms with van der Waals surface area (Å²) in [4.78, 5) is 13.0. The number of anilines is 1. The van der Waals surface area contributed by atoms with E-state index in [-0.39, 0.29) is 11.8 Å². The van der Waals surface area contributed by atoms with Gasteiger partial charge < -0.3 is 20.5 Å². The Balaban J connectivity index is 2.08. The quantitative estimate of drug-likeness (QED) is 0.584. The zero-order chi connectivity index (χ0) is 11.5. The number of nitrogens with two attached hydrogens (primary N) is 1. The first-order valence-electron chi connectivity index (χ1n) is 5.16. The largest absolute Gasteiger partial charge is 0.506 e. The number of carbonyl (C=O) groups is 1. The van der Waals surface area contributed by atoms with Gasteiger partial charge in [-0.3, -0.25) is 0 Å². The molecule has 0 saturated carbocycles. The minimum atomic E-state index is -0.294. The molecule has 0 radical (unpaired) electrons. The molecular weight excluding hydrogens is 208 g/mol. The second kappa shape index (κ2) is 4.30. The van der Waals surface area contributed by atoms with Gasteiger partial charge in [0, 0.05) is 13.1 Å². The van der Waals surface area contributed by atoms with E-state index in [2.05, 4.69) is 0 Å². The number of ether oxygens (including phenoxy) is 1. The Morgan fingerprint density at radius 2 is 2.31 bits per heavy atom. The van der Waals surface area contributed by atoms with Crippen LogP contribution in [0.15, 0.2) is 18.2 Å². The van der Waals surface area contributed by atoms with Crippen LogP contribution < -0.4 is 5.73 Å². The van der Waals surface area contributed by atoms with E-state index in [1.165, 1.54) is 6.07 Å². The third-order valence-corrected chi connectivity index (χ3v) is 2.52. The van der Waals surface area contributed by atoms with Crippen LogP contribution in [0.25, 0.3) is 0 Å². The maximum absolute atomic E-state index is 11.4. The SMILES string of the molecule is Nc1cc(CN2CCCOC2=O)ccc1O. The first kappa shape index (κ1) is 10.6. The lowest BCUT2D eigenvalue weighted by Gasteiger charge is -2.26. The number of phenolic OH excluding ortho intramolecular Hbond substituents is 1. The van der Waals surface area contributed by atoms with Crippen LogP contribution in [-0.4, -0.2) is 29.3 Å². The second-order valence-corrected chi connectivity index (χ2v) is 3.78. The number of hydrogen-bond acceptors (Lipinski definition) is 4. The number of amides is 1. The molecule has 0 unspecified atom stereocenters. The van der Waals surface area contributed by atoms with Gasteiger partial charge in [0.15, 0.2) is 0 Å². The van der Waals surface area contributed by atoms with Crippen molar-refractivity contribution in [1.82, 2.24) is 4.90 Å². The van der Waals surface area contributed by atoms with Crippen molar-refractivity contribution in [2.45, 2.75) is 13.0 Å². The lowest BCUT2D eigenvalue weighted by molar-refractivity contribution is 0.0700. The fourth-order valence-corrected chi connectivity index (χ4v) is 1.66. The van der Waals surface area contributed by atoms with Gasteiger partial charge >= 0.3 is 6.09 Å². The predicted octanol–water partition coefficient (Wildman–Crippen LogP) is 1.32. The summed E-state index contributed by atoms with van der Waals surface area (Å²) in [7, 11) is 0. The van der Waals surface area contributed by atoms with E-state index < -0.39 is 0 Å². The molecule has 0 aromatic heterocycles. The highest BCUT2D eigenvalue weighted by Gasteiger charge is 2.19. The van der Waals surface area contributed by atoms with Gasteiger partial charge in [0.05, 0.1) is 12.3 Å². The summed E-state index contributed by atoms with van der Waals surface area (Å²) >= 11 is 0. The summed E-state index contributed by atoms with van der Waals surface area (Å²) in [5.74, 6) is 0.0602. The van der Waals surface area contributed by atoms with Crippen LogP contribution >= 0.6 is 0 Å². The number of nitrogen functional groups attached to an aromatic ring is 1. The zero-order valence-corrected chi connectivity index (χ0v) is 8.85. The van der Waals surface area contributed by atoms with E-state index in [1.54, 1.807) is 17.0 Å². The number of phenols is 1. The van der Waals surface area contributed by atoms with Crippen molar-refractivity contribution >= 4 is 11.8 Å². The number of cyclic esters (lactones) is 1. The first-order chi connectivity index (χ1) is 7.66. The van der Waals surface area contributed by atoms with Crippen LogP contribution in [0.3, 0.4) is 0 Å². The smallest absolute Gasteiger partial charge is 0.410 e. The molecule has 1 aromatic carbocycles. The molecule has 1 amide bonds. The van der Waals surface area contributed by atoms with Gasteiger partial charge in [-0.1, -0.05) is 6.07 Å². The molecule has 5 heteroatoms. The van der Waals surface area contributed by atoms with Crippen molar-refractivity contribution in [3.63, 3.8) is 0 Å². The minimum absolute atomic E-state index is 0.0602. The molecule has 16 heavy (non-hydrogen) atoms. The minimum Gasteiger partial charge on any atom is -0.506 e. The van der Waals surface area contributed by atoms with Crippen LogP contribution in [-0.2, 0) is 11.3 Å². The number of benzene rings is 1. The van der Waals surface area contributed by atoms with Gasteiger partial charge in [-0.25, -0.2) is 4.79 Å². The summed E-state index contributed by atoms with van der Waals surface area (Å²) < 4.78 is 4.92. The van der Waals surface area contributed by atoms with E-state index in [1.807, 2.05) is 0 Å². The first-order valence-corrected chi connectivity index (χ1v) is 5.16. The molecule has 0 spiro atoms. The van der Waals surface area contributed by atoms with Crippen molar-refractivity contribution < 1.29 is 14.6 Å². The molecule has 1 fully saturated rings. The number of nitrogens with zero attached hydrogens (tertiary/aromatic N) is 1. The molecule has 0 bridgehead atoms. The van der Waals surface area contributed by atoms with Crippen LogP contribution in [0.4, 0.5) is 10.5 Å². The van der Waals surface area contributed by atoms with Crippen molar-refractivity contribution in [1.29, 1.82) is 0 Å². The average molecular weight is 222 g/mol. The van der Waals surface area contributed by atoms with Crippen molar-refractivity contribution in [3.8, 4) is 5.75 Å². The van der Waals surface area contributed by atoms with Crippen LogP contribution in [0.2, 0.25) is 0 Å². The van der Waals surface area contributed by atoms with E-state index in [0.717, 1.165) is 12.0 Å². The van der Waals surface area contributed by atoms with E-state index in [4.69, 9.17) is 10.5 Å². The van der Waals surface area contributed by atoms with E-state index in [0.29, 0.717) is 25.4 Å². The molecule has 0 atom stereocenters. The van der Waals surface area contributed by atoms with Gasteiger partial charge in [0.25, 0.3) is 0 Å². The standard InChI is InChI=1S/C11H14N2O3/c12-9-6-8(2-3-10(9)14)7-13-4-1-5-16-11(13)15/h2-3,6,14H,1,4-5,7,12H2.